The molecule has 0 bridgehead atoms. The number of hydrogen-bond donors (Lipinski definition) is 0. The van der Waals surface area contributed by atoms with Crippen LogP contribution in [0, 0.1) is 0 Å². The lowest BCUT2D eigenvalue weighted by atomic mass is 9.70. The van der Waals surface area contributed by atoms with Gasteiger partial charge in [-0.3, -0.25) is 4.98 Å². The average Bonchev–Trinajstić information content (AvgIpc) is 3.52. The quantitative estimate of drug-likeness (QED) is 0.0878. The van der Waals surface area contributed by atoms with Gasteiger partial charge in [-0.2, -0.15) is 0 Å². The second-order valence-corrected chi connectivity index (χ2v) is 15.7. The lowest BCUT2D eigenvalue weighted by Gasteiger charge is -2.33. The van der Waals surface area contributed by atoms with E-state index in [1.807, 2.05) is 6.20 Å². The summed E-state index contributed by atoms with van der Waals surface area (Å²) in [6, 6.07) is 51.7. The Labute approximate surface area is 326 Å². The fourth-order valence-corrected chi connectivity index (χ4v) is 9.50. The Balaban J connectivity index is 1.08. The summed E-state index contributed by atoms with van der Waals surface area (Å²) in [5.41, 5.74) is 14.9. The maximum absolute atomic E-state index is 5.29. The van der Waals surface area contributed by atoms with E-state index in [1.54, 1.807) is 11.1 Å². The molecule has 2 nitrogen and oxygen atoms in total. The first-order valence-electron chi connectivity index (χ1n) is 20.7. The van der Waals surface area contributed by atoms with E-state index in [0.29, 0.717) is 0 Å². The zero-order valence-electron chi connectivity index (χ0n) is 32.3. The lowest BCUT2D eigenvalue weighted by molar-refractivity contribution is 0.401. The third kappa shape index (κ3) is 6.42. The van der Waals surface area contributed by atoms with E-state index >= 15 is 0 Å². The highest BCUT2D eigenvalue weighted by molar-refractivity contribution is 6.23. The fourth-order valence-electron chi connectivity index (χ4n) is 9.50. The molecule has 272 valence electrons. The molecular formula is C53H50N2. The van der Waals surface area contributed by atoms with Crippen molar-refractivity contribution in [3.05, 3.63) is 157 Å². The number of fused-ring (bicyclic) bond motifs is 9. The van der Waals surface area contributed by atoms with Crippen molar-refractivity contribution in [2.24, 2.45) is 0 Å². The largest absolute Gasteiger partial charge is 0.252 e. The molecule has 0 amide bonds. The van der Waals surface area contributed by atoms with Crippen molar-refractivity contribution >= 4 is 32.6 Å². The van der Waals surface area contributed by atoms with E-state index in [1.165, 1.54) is 108 Å². The Bertz CT molecular complexity index is 2600. The predicted molar refractivity (Wildman–Crippen MR) is 235 cm³/mol. The maximum Gasteiger partial charge on any atom is 0.0979 e. The smallest absolute Gasteiger partial charge is 0.0979 e. The normalized spacial score (nSPS) is 13.1. The molecule has 8 aromatic rings. The Morgan fingerprint density at radius 1 is 0.418 bits per heavy atom. The molecule has 1 heterocycles. The van der Waals surface area contributed by atoms with Gasteiger partial charge in [0.1, 0.15) is 0 Å². The van der Waals surface area contributed by atoms with Gasteiger partial charge in [-0.05, 0) is 86.3 Å². The van der Waals surface area contributed by atoms with Crippen molar-refractivity contribution in [1.29, 1.82) is 0 Å². The topological polar surface area (TPSA) is 25.8 Å². The predicted octanol–water partition coefficient (Wildman–Crippen LogP) is 15.1. The van der Waals surface area contributed by atoms with Crippen LogP contribution in [0.5, 0.6) is 0 Å². The van der Waals surface area contributed by atoms with E-state index in [4.69, 9.17) is 9.97 Å². The van der Waals surface area contributed by atoms with Gasteiger partial charge in [0.15, 0.2) is 0 Å². The van der Waals surface area contributed by atoms with Gasteiger partial charge < -0.3 is 0 Å². The summed E-state index contributed by atoms with van der Waals surface area (Å²) in [6.07, 6.45) is 14.7. The molecule has 0 radical (unpaired) electrons. The van der Waals surface area contributed by atoms with Crippen molar-refractivity contribution in [1.82, 2.24) is 9.97 Å². The molecule has 0 saturated heterocycles. The van der Waals surface area contributed by atoms with Crippen LogP contribution in [-0.4, -0.2) is 9.97 Å². The number of aromatic nitrogens is 2. The molecular weight excluding hydrogens is 665 g/mol. The summed E-state index contributed by atoms with van der Waals surface area (Å²) < 4.78 is 0. The zero-order valence-corrected chi connectivity index (χ0v) is 32.3. The van der Waals surface area contributed by atoms with Gasteiger partial charge in [-0.1, -0.05) is 187 Å². The van der Waals surface area contributed by atoms with Crippen LogP contribution in [0.1, 0.15) is 89.2 Å². The summed E-state index contributed by atoms with van der Waals surface area (Å²) >= 11 is 0. The van der Waals surface area contributed by atoms with Crippen LogP contribution in [0.4, 0.5) is 0 Å². The Morgan fingerprint density at radius 3 is 1.60 bits per heavy atom. The molecule has 0 atom stereocenters. The molecule has 0 fully saturated rings. The minimum Gasteiger partial charge on any atom is -0.252 e. The second-order valence-electron chi connectivity index (χ2n) is 15.7. The molecule has 0 N–H and O–H groups in total. The lowest BCUT2D eigenvalue weighted by Crippen LogP contribution is -2.25. The molecule has 0 spiro atoms. The molecule has 9 rings (SSSR count). The molecule has 0 saturated carbocycles. The van der Waals surface area contributed by atoms with Crippen molar-refractivity contribution in [2.75, 3.05) is 0 Å². The summed E-state index contributed by atoms with van der Waals surface area (Å²) in [6.45, 7) is 4.63. The Morgan fingerprint density at radius 2 is 0.945 bits per heavy atom. The third-order valence-electron chi connectivity index (χ3n) is 12.3. The van der Waals surface area contributed by atoms with Crippen molar-refractivity contribution in [3.63, 3.8) is 0 Å². The molecule has 1 aromatic heterocycles. The fraction of sp³-hybridized carbons (Fsp3) is 0.245. The van der Waals surface area contributed by atoms with Gasteiger partial charge in [0.05, 0.1) is 22.9 Å². The van der Waals surface area contributed by atoms with Crippen LogP contribution in [0.25, 0.3) is 77.2 Å². The van der Waals surface area contributed by atoms with Gasteiger partial charge in [0.2, 0.25) is 0 Å². The van der Waals surface area contributed by atoms with Crippen LogP contribution in [0.3, 0.4) is 0 Å². The SMILES string of the molecule is CCCCCCC1(CCCCCC)c2ccccc2-c2ccc(-c3cccc(-c4cccc(-c5cnc6c7ccccc7c7ccccc7c6n5)c4)c3)cc21. The number of hydrogen-bond acceptors (Lipinski definition) is 2. The summed E-state index contributed by atoms with van der Waals surface area (Å²) in [5, 5.41) is 4.70. The molecule has 55 heavy (non-hydrogen) atoms. The van der Waals surface area contributed by atoms with Gasteiger partial charge in [-0.25, -0.2) is 4.98 Å². The first-order valence-corrected chi connectivity index (χ1v) is 20.7. The standard InChI is InChI=1S/C53H50N2/c1-3-5-7-15-31-53(32-16-8-6-4-2)48-28-14-13-25-44(48)45-30-29-40(35-49(45)53)38-20-17-19-37(33-38)39-21-18-22-41(34-39)50-36-54-51-46-26-11-9-23-42(46)43-24-10-12-27-47(43)52(51)55-50/h9-14,17-30,33-36H,3-8,15-16,31-32H2,1-2H3. The number of benzene rings is 7. The van der Waals surface area contributed by atoms with Gasteiger partial charge in [-0.15, -0.1) is 0 Å². The van der Waals surface area contributed by atoms with Crippen molar-refractivity contribution in [3.8, 4) is 44.6 Å². The molecule has 2 heteroatoms. The highest BCUT2D eigenvalue weighted by Gasteiger charge is 2.42. The van der Waals surface area contributed by atoms with Crippen LogP contribution in [0.15, 0.2) is 146 Å². The first-order chi connectivity index (χ1) is 27.2. The van der Waals surface area contributed by atoms with Crippen LogP contribution in [-0.2, 0) is 5.41 Å². The van der Waals surface area contributed by atoms with E-state index < -0.39 is 0 Å². The summed E-state index contributed by atoms with van der Waals surface area (Å²) in [5.74, 6) is 0. The van der Waals surface area contributed by atoms with Crippen molar-refractivity contribution < 1.29 is 0 Å². The van der Waals surface area contributed by atoms with E-state index in [0.717, 1.165) is 33.1 Å². The Hall–Kier alpha value is -5.60. The van der Waals surface area contributed by atoms with E-state index in [2.05, 4.69) is 153 Å². The van der Waals surface area contributed by atoms with E-state index in [-0.39, 0.29) is 5.41 Å². The molecule has 0 unspecified atom stereocenters. The van der Waals surface area contributed by atoms with Crippen LogP contribution in [0.2, 0.25) is 0 Å². The molecule has 1 aliphatic rings. The Kier molecular flexibility index (Phi) is 9.75. The summed E-state index contributed by atoms with van der Waals surface area (Å²) in [4.78, 5) is 10.3. The van der Waals surface area contributed by atoms with Gasteiger partial charge in [0.25, 0.3) is 0 Å². The first kappa shape index (κ1) is 35.1. The monoisotopic (exact) mass is 714 g/mol. The highest BCUT2D eigenvalue weighted by atomic mass is 14.8. The number of nitrogens with zero attached hydrogens (tertiary/aromatic N) is 2. The number of unbranched alkanes of at least 4 members (excludes halogenated alkanes) is 6. The van der Waals surface area contributed by atoms with Crippen LogP contribution >= 0.6 is 0 Å². The van der Waals surface area contributed by atoms with Crippen LogP contribution < -0.4 is 0 Å². The van der Waals surface area contributed by atoms with E-state index in [9.17, 15) is 0 Å². The number of rotatable bonds is 13. The maximum atomic E-state index is 5.29. The minimum absolute atomic E-state index is 0.0772. The van der Waals surface area contributed by atoms with Crippen molar-refractivity contribution in [2.45, 2.75) is 83.5 Å². The summed E-state index contributed by atoms with van der Waals surface area (Å²) in [7, 11) is 0. The van der Waals surface area contributed by atoms with Gasteiger partial charge in [0, 0.05) is 21.8 Å². The molecule has 1 aliphatic carbocycles. The minimum atomic E-state index is 0.0772. The molecule has 7 aromatic carbocycles. The second kappa shape index (κ2) is 15.3. The molecule has 0 aliphatic heterocycles. The van der Waals surface area contributed by atoms with Gasteiger partial charge >= 0.3 is 0 Å². The average molecular weight is 715 g/mol. The third-order valence-corrected chi connectivity index (χ3v) is 12.3. The zero-order chi connectivity index (χ0) is 37.2. The highest BCUT2D eigenvalue weighted by Crippen LogP contribution is 2.55.